The highest BCUT2D eigenvalue weighted by Gasteiger charge is 2.35. The number of para-hydroxylation sites is 1. The third-order valence-corrected chi connectivity index (χ3v) is 7.73. The van der Waals surface area contributed by atoms with Gasteiger partial charge in [0, 0.05) is 5.56 Å². The Morgan fingerprint density at radius 2 is 1.87 bits per heavy atom. The number of esters is 1. The van der Waals surface area contributed by atoms with Crippen LogP contribution in [0.1, 0.15) is 50.8 Å². The number of carbonyl (C=O) groups is 1. The molecule has 2 heterocycles. The Kier molecular flexibility index (Phi) is 9.29. The summed E-state index contributed by atoms with van der Waals surface area (Å²) >= 11 is 4.82. The average Bonchev–Trinajstić information content (AvgIpc) is 3.22. The van der Waals surface area contributed by atoms with Crippen LogP contribution in [-0.2, 0) is 9.53 Å². The van der Waals surface area contributed by atoms with E-state index in [-0.39, 0.29) is 12.2 Å². The number of ether oxygens (including phenoxy) is 4. The average molecular weight is 616 g/mol. The zero-order valence-corrected chi connectivity index (χ0v) is 25.0. The molecule has 1 aliphatic rings. The molecule has 0 saturated carbocycles. The SMILES string of the molecule is CCCC1=C(C(=O)OCC)[C@@H](c2ccccc2OC)n2c(s/c(=C\c3cc(Br)c(OC)c(OCC)c3)c2=O)=N1. The molecule has 0 radical (unpaired) electrons. The fraction of sp³-hybridized carbons (Fsp3) is 0.345. The minimum Gasteiger partial charge on any atom is -0.496 e. The second kappa shape index (κ2) is 12.7. The lowest BCUT2D eigenvalue weighted by atomic mass is 9.93. The molecule has 3 aromatic rings. The number of thiazole rings is 1. The summed E-state index contributed by atoms with van der Waals surface area (Å²) in [7, 11) is 3.15. The molecule has 206 valence electrons. The van der Waals surface area contributed by atoms with Gasteiger partial charge in [-0.25, -0.2) is 9.79 Å². The number of halogens is 1. The molecule has 39 heavy (non-hydrogen) atoms. The van der Waals surface area contributed by atoms with Crippen LogP contribution < -0.4 is 29.1 Å². The van der Waals surface area contributed by atoms with Gasteiger partial charge in [0.05, 0.1) is 47.7 Å². The summed E-state index contributed by atoms with van der Waals surface area (Å²) in [6, 6.07) is 10.3. The lowest BCUT2D eigenvalue weighted by Gasteiger charge is -2.26. The summed E-state index contributed by atoms with van der Waals surface area (Å²) < 4.78 is 25.1. The van der Waals surface area contributed by atoms with Gasteiger partial charge in [-0.15, -0.1) is 0 Å². The number of rotatable bonds is 10. The molecule has 0 amide bonds. The fourth-order valence-electron chi connectivity index (χ4n) is 4.59. The normalized spacial score (nSPS) is 15.0. The van der Waals surface area contributed by atoms with Crippen molar-refractivity contribution in [2.45, 2.75) is 39.7 Å². The second-order valence-electron chi connectivity index (χ2n) is 8.62. The second-order valence-corrected chi connectivity index (χ2v) is 10.5. The van der Waals surface area contributed by atoms with Gasteiger partial charge >= 0.3 is 5.97 Å². The molecule has 4 rings (SSSR count). The predicted molar refractivity (Wildman–Crippen MR) is 154 cm³/mol. The Morgan fingerprint density at radius 1 is 1.10 bits per heavy atom. The minimum absolute atomic E-state index is 0.208. The molecule has 1 aromatic heterocycles. The van der Waals surface area contributed by atoms with E-state index in [1.165, 1.54) is 11.3 Å². The minimum atomic E-state index is -0.748. The molecule has 2 aromatic carbocycles. The van der Waals surface area contributed by atoms with Crippen LogP contribution in [0.3, 0.4) is 0 Å². The van der Waals surface area contributed by atoms with E-state index in [9.17, 15) is 9.59 Å². The van der Waals surface area contributed by atoms with E-state index in [0.29, 0.717) is 60.9 Å². The molecule has 0 spiro atoms. The largest absolute Gasteiger partial charge is 0.496 e. The van der Waals surface area contributed by atoms with Crippen molar-refractivity contribution in [3.63, 3.8) is 0 Å². The number of allylic oxidation sites excluding steroid dienone is 1. The predicted octanol–water partition coefficient (Wildman–Crippen LogP) is 4.76. The van der Waals surface area contributed by atoms with Gasteiger partial charge in [-0.1, -0.05) is 42.9 Å². The van der Waals surface area contributed by atoms with E-state index in [4.69, 9.17) is 23.9 Å². The summed E-state index contributed by atoms with van der Waals surface area (Å²) in [5, 5.41) is 0. The standard InChI is InChI=1S/C29H31BrN2O6S/c1-6-11-20-24(28(34)38-8-3)25(18-12-9-10-13-21(18)35-4)32-27(33)23(39-29(32)31-20)16-17-14-19(30)26(36-5)22(15-17)37-7-2/h9-10,12-16,25H,6-8,11H2,1-5H3/b23-16-/t25-/m1/s1. The first-order chi connectivity index (χ1) is 18.9. The zero-order valence-electron chi connectivity index (χ0n) is 22.6. The van der Waals surface area contributed by atoms with Crippen LogP contribution in [-0.4, -0.2) is 38.0 Å². The van der Waals surface area contributed by atoms with Gasteiger partial charge in [0.15, 0.2) is 16.3 Å². The highest BCUT2D eigenvalue weighted by atomic mass is 79.9. The molecule has 0 aliphatic carbocycles. The van der Waals surface area contributed by atoms with E-state index in [0.717, 1.165) is 12.0 Å². The summed E-state index contributed by atoms with van der Waals surface area (Å²) in [6.45, 7) is 6.35. The van der Waals surface area contributed by atoms with Crippen molar-refractivity contribution in [1.29, 1.82) is 0 Å². The Labute approximate surface area is 239 Å². The van der Waals surface area contributed by atoms with Gasteiger partial charge in [0.25, 0.3) is 5.56 Å². The molecule has 0 bridgehead atoms. The number of benzene rings is 2. The molecule has 8 nitrogen and oxygen atoms in total. The molecule has 1 aliphatic heterocycles. The molecule has 1 atom stereocenters. The number of nitrogens with zero attached hydrogens (tertiary/aromatic N) is 2. The van der Waals surface area contributed by atoms with Crippen molar-refractivity contribution in [3.8, 4) is 17.2 Å². The van der Waals surface area contributed by atoms with Gasteiger partial charge in [-0.05, 0) is 66.0 Å². The van der Waals surface area contributed by atoms with Crippen molar-refractivity contribution in [3.05, 3.63) is 83.0 Å². The monoisotopic (exact) mass is 614 g/mol. The fourth-order valence-corrected chi connectivity index (χ4v) is 6.23. The number of methoxy groups -OCH3 is 2. The Hall–Kier alpha value is -3.37. The molecular formula is C29H31BrN2O6S. The van der Waals surface area contributed by atoms with Crippen LogP contribution in [0.25, 0.3) is 6.08 Å². The maximum atomic E-state index is 14.0. The van der Waals surface area contributed by atoms with Crippen molar-refractivity contribution >= 4 is 39.3 Å². The molecular weight excluding hydrogens is 584 g/mol. The van der Waals surface area contributed by atoms with Crippen LogP contribution in [0.5, 0.6) is 17.2 Å². The van der Waals surface area contributed by atoms with Crippen molar-refractivity contribution in [2.24, 2.45) is 4.99 Å². The van der Waals surface area contributed by atoms with Crippen LogP contribution in [0, 0.1) is 0 Å². The first-order valence-corrected chi connectivity index (χ1v) is 14.3. The molecule has 0 fully saturated rings. The van der Waals surface area contributed by atoms with E-state index in [1.54, 1.807) is 31.8 Å². The molecule has 0 N–H and O–H groups in total. The lowest BCUT2D eigenvalue weighted by molar-refractivity contribution is -0.139. The summed E-state index contributed by atoms with van der Waals surface area (Å²) in [5.74, 6) is 1.22. The molecule has 0 saturated heterocycles. The van der Waals surface area contributed by atoms with Gasteiger partial charge in [0.2, 0.25) is 0 Å². The third-order valence-electron chi connectivity index (χ3n) is 6.16. The van der Waals surface area contributed by atoms with Crippen LogP contribution in [0.2, 0.25) is 0 Å². The van der Waals surface area contributed by atoms with E-state index in [1.807, 2.05) is 50.2 Å². The Bertz CT molecular complexity index is 1590. The number of carbonyl (C=O) groups excluding carboxylic acids is 1. The van der Waals surface area contributed by atoms with Gasteiger partial charge in [-0.2, -0.15) is 0 Å². The van der Waals surface area contributed by atoms with E-state index in [2.05, 4.69) is 15.9 Å². The van der Waals surface area contributed by atoms with E-state index >= 15 is 0 Å². The number of hydrogen-bond acceptors (Lipinski definition) is 8. The quantitative estimate of drug-likeness (QED) is 0.306. The van der Waals surface area contributed by atoms with Gasteiger partial charge in [0.1, 0.15) is 11.8 Å². The molecule has 0 unspecified atom stereocenters. The van der Waals surface area contributed by atoms with Crippen molar-refractivity contribution in [1.82, 2.24) is 4.57 Å². The first kappa shape index (κ1) is 28.6. The number of aromatic nitrogens is 1. The van der Waals surface area contributed by atoms with Crippen LogP contribution >= 0.6 is 27.3 Å². The van der Waals surface area contributed by atoms with Crippen LogP contribution in [0.4, 0.5) is 0 Å². The summed E-state index contributed by atoms with van der Waals surface area (Å²) in [4.78, 5) is 32.7. The topological polar surface area (TPSA) is 88.4 Å². The maximum absolute atomic E-state index is 14.0. The smallest absolute Gasteiger partial charge is 0.338 e. The number of hydrogen-bond donors (Lipinski definition) is 0. The third kappa shape index (κ3) is 5.67. The van der Waals surface area contributed by atoms with Crippen LogP contribution in [0.15, 0.2) is 61.9 Å². The Morgan fingerprint density at radius 3 is 2.54 bits per heavy atom. The zero-order chi connectivity index (χ0) is 28.1. The highest BCUT2D eigenvalue weighted by Crippen LogP contribution is 2.38. The van der Waals surface area contributed by atoms with Crippen molar-refractivity contribution < 1.29 is 23.7 Å². The number of fused-ring (bicyclic) bond motifs is 1. The summed E-state index contributed by atoms with van der Waals surface area (Å²) in [6.07, 6.45) is 3.13. The maximum Gasteiger partial charge on any atom is 0.338 e. The first-order valence-electron chi connectivity index (χ1n) is 12.7. The Balaban J connectivity index is 2.00. The van der Waals surface area contributed by atoms with Gasteiger partial charge < -0.3 is 18.9 Å². The van der Waals surface area contributed by atoms with Crippen molar-refractivity contribution in [2.75, 3.05) is 27.4 Å². The van der Waals surface area contributed by atoms with Gasteiger partial charge in [-0.3, -0.25) is 9.36 Å². The summed E-state index contributed by atoms with van der Waals surface area (Å²) in [5.41, 5.74) is 2.14. The molecule has 10 heteroatoms. The lowest BCUT2D eigenvalue weighted by Crippen LogP contribution is -2.40. The highest BCUT2D eigenvalue weighted by molar-refractivity contribution is 9.10. The van der Waals surface area contributed by atoms with E-state index < -0.39 is 12.0 Å².